The van der Waals surface area contributed by atoms with Gasteiger partial charge in [0, 0.05) is 23.8 Å². The Hall–Kier alpha value is -4.16. The highest BCUT2D eigenvalue weighted by atomic mass is 16.3. The second-order valence-corrected chi connectivity index (χ2v) is 8.52. The first-order chi connectivity index (χ1) is 16.6. The molecule has 2 atom stereocenters. The van der Waals surface area contributed by atoms with Gasteiger partial charge in [-0.3, -0.25) is 4.98 Å². The van der Waals surface area contributed by atoms with Crippen LogP contribution in [0.3, 0.4) is 0 Å². The van der Waals surface area contributed by atoms with E-state index in [9.17, 15) is 10.4 Å². The lowest BCUT2D eigenvalue weighted by atomic mass is 9.93. The molecule has 0 unspecified atom stereocenters. The summed E-state index contributed by atoms with van der Waals surface area (Å²) in [6.45, 7) is 0.670. The first-order valence-electron chi connectivity index (χ1n) is 11.2. The molecule has 0 radical (unpaired) electrons. The first kappa shape index (κ1) is 21.7. The largest absolute Gasteiger partial charge is 0.396 e. The van der Waals surface area contributed by atoms with Crippen molar-refractivity contribution >= 4 is 5.95 Å². The second-order valence-electron chi connectivity index (χ2n) is 8.52. The van der Waals surface area contributed by atoms with Crippen molar-refractivity contribution in [2.24, 2.45) is 5.92 Å². The van der Waals surface area contributed by atoms with Crippen LogP contribution in [0.15, 0.2) is 54.7 Å². The van der Waals surface area contributed by atoms with Crippen molar-refractivity contribution in [1.82, 2.24) is 29.9 Å². The number of aliphatic hydroxyl groups excluding tert-OH is 1. The molecule has 3 N–H and O–H groups in total. The van der Waals surface area contributed by atoms with E-state index in [0.717, 1.165) is 36.2 Å². The van der Waals surface area contributed by atoms with Gasteiger partial charge in [-0.05, 0) is 49.1 Å². The van der Waals surface area contributed by atoms with Crippen molar-refractivity contribution < 1.29 is 5.11 Å². The van der Waals surface area contributed by atoms with Crippen LogP contribution in [-0.4, -0.2) is 41.7 Å². The zero-order valence-corrected chi connectivity index (χ0v) is 18.5. The Morgan fingerprint density at radius 2 is 1.88 bits per heavy atom. The summed E-state index contributed by atoms with van der Waals surface area (Å²) in [6, 6.07) is 17.1. The van der Waals surface area contributed by atoms with Crippen molar-refractivity contribution in [3.63, 3.8) is 0 Å². The minimum absolute atomic E-state index is 0.119. The quantitative estimate of drug-likeness (QED) is 0.455. The van der Waals surface area contributed by atoms with E-state index in [4.69, 9.17) is 10.7 Å². The Morgan fingerprint density at radius 1 is 1.03 bits per heavy atom. The number of hydrogen-bond acceptors (Lipinski definition) is 8. The highest BCUT2D eigenvalue weighted by molar-refractivity contribution is 5.68. The highest BCUT2D eigenvalue weighted by Crippen LogP contribution is 2.38. The van der Waals surface area contributed by atoms with Gasteiger partial charge >= 0.3 is 0 Å². The molecular formula is C25H24N8O. The summed E-state index contributed by atoms with van der Waals surface area (Å²) >= 11 is 0. The van der Waals surface area contributed by atoms with E-state index in [0.29, 0.717) is 35.1 Å². The first-order valence-corrected chi connectivity index (χ1v) is 11.2. The van der Waals surface area contributed by atoms with Gasteiger partial charge in [-0.2, -0.15) is 5.26 Å². The van der Waals surface area contributed by atoms with Crippen molar-refractivity contribution in [3.8, 4) is 28.7 Å². The molecule has 5 rings (SSSR count). The number of hydrogen-bond donors (Lipinski definition) is 2. The van der Waals surface area contributed by atoms with Crippen LogP contribution in [-0.2, 0) is 6.54 Å². The van der Waals surface area contributed by atoms with Gasteiger partial charge in [-0.1, -0.05) is 29.8 Å². The molecule has 1 saturated carbocycles. The van der Waals surface area contributed by atoms with E-state index in [-0.39, 0.29) is 18.5 Å². The van der Waals surface area contributed by atoms with Gasteiger partial charge in [0.2, 0.25) is 5.95 Å². The number of nitrogen functional groups attached to an aromatic ring is 1. The summed E-state index contributed by atoms with van der Waals surface area (Å²) in [6.07, 6.45) is 5.03. The van der Waals surface area contributed by atoms with Gasteiger partial charge in [0.05, 0.1) is 41.5 Å². The van der Waals surface area contributed by atoms with Gasteiger partial charge in [-0.15, -0.1) is 5.10 Å². The fourth-order valence-corrected chi connectivity index (χ4v) is 4.59. The van der Waals surface area contributed by atoms with Crippen LogP contribution in [0, 0.1) is 17.2 Å². The van der Waals surface area contributed by atoms with Gasteiger partial charge in [0.15, 0.2) is 0 Å². The lowest BCUT2D eigenvalue weighted by Crippen LogP contribution is -2.13. The molecule has 9 heteroatoms. The summed E-state index contributed by atoms with van der Waals surface area (Å²) in [4.78, 5) is 13.5. The molecule has 4 aromatic rings. The molecule has 1 fully saturated rings. The molecule has 9 nitrogen and oxygen atoms in total. The Bertz CT molecular complexity index is 1360. The molecule has 3 aromatic heterocycles. The molecule has 0 bridgehead atoms. The molecule has 1 aromatic carbocycles. The monoisotopic (exact) mass is 452 g/mol. The molecule has 0 aliphatic heterocycles. The Labute approximate surface area is 196 Å². The summed E-state index contributed by atoms with van der Waals surface area (Å²) in [7, 11) is 0. The fraction of sp³-hybridized carbons (Fsp3) is 0.280. The number of aliphatic hydroxyl groups is 1. The van der Waals surface area contributed by atoms with E-state index in [1.54, 1.807) is 35.1 Å². The average Bonchev–Trinajstić information content (AvgIpc) is 3.53. The zero-order chi connectivity index (χ0) is 23.5. The molecule has 1 aliphatic rings. The minimum Gasteiger partial charge on any atom is -0.396 e. The van der Waals surface area contributed by atoms with Crippen molar-refractivity contribution in [2.45, 2.75) is 31.7 Å². The van der Waals surface area contributed by atoms with Crippen LogP contribution in [0.1, 0.15) is 42.1 Å². The van der Waals surface area contributed by atoms with Gasteiger partial charge in [0.25, 0.3) is 0 Å². The third-order valence-corrected chi connectivity index (χ3v) is 6.26. The van der Waals surface area contributed by atoms with Crippen LogP contribution in [0.5, 0.6) is 0 Å². The molecule has 0 saturated heterocycles. The molecular weight excluding hydrogens is 428 g/mol. The number of rotatable bonds is 6. The predicted octanol–water partition coefficient (Wildman–Crippen LogP) is 3.18. The topological polar surface area (TPSA) is 139 Å². The van der Waals surface area contributed by atoms with Gasteiger partial charge < -0.3 is 10.8 Å². The maximum atomic E-state index is 9.67. The maximum Gasteiger partial charge on any atom is 0.221 e. The lowest BCUT2D eigenvalue weighted by molar-refractivity contribution is 0.216. The summed E-state index contributed by atoms with van der Waals surface area (Å²) in [5.41, 5.74) is 10.9. The second kappa shape index (κ2) is 9.37. The minimum atomic E-state index is 0.119. The molecule has 3 heterocycles. The van der Waals surface area contributed by atoms with Crippen LogP contribution in [0.4, 0.5) is 5.95 Å². The van der Waals surface area contributed by atoms with E-state index >= 15 is 0 Å². The predicted molar refractivity (Wildman–Crippen MR) is 126 cm³/mol. The Balaban J connectivity index is 1.38. The van der Waals surface area contributed by atoms with Crippen molar-refractivity contribution in [3.05, 3.63) is 71.7 Å². The van der Waals surface area contributed by atoms with Crippen molar-refractivity contribution in [1.29, 1.82) is 5.26 Å². The van der Waals surface area contributed by atoms with E-state index in [2.05, 4.69) is 26.3 Å². The molecule has 0 spiro atoms. The van der Waals surface area contributed by atoms with Crippen LogP contribution in [0.2, 0.25) is 0 Å². The van der Waals surface area contributed by atoms with Crippen LogP contribution in [0.25, 0.3) is 22.6 Å². The molecule has 34 heavy (non-hydrogen) atoms. The van der Waals surface area contributed by atoms with Gasteiger partial charge in [-0.25, -0.2) is 14.6 Å². The fourth-order valence-electron chi connectivity index (χ4n) is 4.59. The van der Waals surface area contributed by atoms with Gasteiger partial charge in [0.1, 0.15) is 5.69 Å². The highest BCUT2D eigenvalue weighted by Gasteiger charge is 2.29. The number of nitriles is 1. The molecule has 1 aliphatic carbocycles. The zero-order valence-electron chi connectivity index (χ0n) is 18.5. The number of benzene rings is 1. The van der Waals surface area contributed by atoms with E-state index in [1.807, 2.05) is 24.3 Å². The number of nitrogens with two attached hydrogens (primary N) is 1. The maximum absolute atomic E-state index is 9.67. The Morgan fingerprint density at radius 3 is 2.74 bits per heavy atom. The third kappa shape index (κ3) is 4.49. The SMILES string of the molecule is N#Cc1cccc(-c2cc(-c3cn(Cc4cccc([C@H]5CCC[C@H]5CO)n4)nn3)nc(N)n2)c1. The number of aromatic nitrogens is 6. The summed E-state index contributed by atoms with van der Waals surface area (Å²) in [5, 5.41) is 27.4. The van der Waals surface area contributed by atoms with Crippen LogP contribution >= 0.6 is 0 Å². The molecule has 0 amide bonds. The van der Waals surface area contributed by atoms with Crippen LogP contribution < -0.4 is 5.73 Å². The Kier molecular flexibility index (Phi) is 5.97. The van der Waals surface area contributed by atoms with Crippen molar-refractivity contribution in [2.75, 3.05) is 12.3 Å². The smallest absolute Gasteiger partial charge is 0.221 e. The molecule has 170 valence electrons. The van der Waals surface area contributed by atoms with E-state index < -0.39 is 0 Å². The lowest BCUT2D eigenvalue weighted by Gasteiger charge is -2.17. The summed E-state index contributed by atoms with van der Waals surface area (Å²) < 4.78 is 1.72. The number of nitrogens with zero attached hydrogens (tertiary/aromatic N) is 7. The summed E-state index contributed by atoms with van der Waals surface area (Å²) in [5.74, 6) is 0.707. The van der Waals surface area contributed by atoms with E-state index in [1.165, 1.54) is 0 Å². The number of pyridine rings is 1. The number of anilines is 1. The average molecular weight is 453 g/mol. The normalized spacial score (nSPS) is 17.5. The third-order valence-electron chi connectivity index (χ3n) is 6.26. The standard InChI is InChI=1S/C25H24N8O/c26-12-16-4-1-5-17(10-16)22-11-23(30-25(27)29-22)24-14-33(32-31-24)13-19-7-3-9-21(28-19)20-8-2-6-18(20)15-34/h1,3-5,7,9-11,14,18,20,34H,2,6,8,13,15H2,(H2,27,29,30)/t18-,20-/m0/s1.